The Morgan fingerprint density at radius 2 is 1.92 bits per heavy atom. The zero-order valence-corrected chi connectivity index (χ0v) is 13.7. The molecule has 2 aliphatic heterocycles. The molecule has 1 fully saturated rings. The van der Waals surface area contributed by atoms with E-state index in [4.69, 9.17) is 14.2 Å². The number of nitriles is 1. The van der Waals surface area contributed by atoms with Gasteiger partial charge in [0.2, 0.25) is 6.79 Å². The molecule has 3 heterocycles. The molecule has 0 saturated carbocycles. The van der Waals surface area contributed by atoms with Crippen molar-refractivity contribution in [3.8, 4) is 17.6 Å². The Hall–Kier alpha value is -2.85. The van der Waals surface area contributed by atoms with Gasteiger partial charge in [0, 0.05) is 37.6 Å². The summed E-state index contributed by atoms with van der Waals surface area (Å²) >= 11 is 0. The molecule has 0 amide bonds. The number of rotatable bonds is 4. The van der Waals surface area contributed by atoms with Crippen LogP contribution in [0.4, 0.5) is 5.82 Å². The number of nitrogens with one attached hydrogen (secondary N) is 1. The average molecular weight is 338 g/mol. The predicted molar refractivity (Wildman–Crippen MR) is 89.5 cm³/mol. The second-order valence-electron chi connectivity index (χ2n) is 6.18. The van der Waals surface area contributed by atoms with Crippen molar-refractivity contribution >= 4 is 5.82 Å². The summed E-state index contributed by atoms with van der Waals surface area (Å²) in [7, 11) is 0. The van der Waals surface area contributed by atoms with Crippen molar-refractivity contribution in [2.45, 2.75) is 18.3 Å². The number of ether oxygens (including phenoxy) is 3. The van der Waals surface area contributed by atoms with Gasteiger partial charge in [-0.3, -0.25) is 0 Å². The molecule has 1 aromatic heterocycles. The smallest absolute Gasteiger partial charge is 0.231 e. The number of nitrogens with zero attached hydrogens (tertiary/aromatic N) is 3. The van der Waals surface area contributed by atoms with Gasteiger partial charge in [0.1, 0.15) is 6.07 Å². The van der Waals surface area contributed by atoms with Gasteiger partial charge < -0.3 is 19.5 Å². The number of benzene rings is 1. The lowest BCUT2D eigenvalue weighted by molar-refractivity contribution is 0.0543. The minimum atomic E-state index is -0.122. The van der Waals surface area contributed by atoms with E-state index in [1.807, 2.05) is 6.07 Å². The minimum Gasteiger partial charge on any atom is -0.454 e. The zero-order valence-electron chi connectivity index (χ0n) is 13.7. The van der Waals surface area contributed by atoms with Gasteiger partial charge in [-0.2, -0.15) is 5.26 Å². The van der Waals surface area contributed by atoms with Crippen molar-refractivity contribution in [2.75, 3.05) is 31.9 Å². The molecule has 0 unspecified atom stereocenters. The average Bonchev–Trinajstić information content (AvgIpc) is 3.15. The van der Waals surface area contributed by atoms with Crippen LogP contribution in [-0.4, -0.2) is 36.5 Å². The number of hydrogen-bond acceptors (Lipinski definition) is 7. The van der Waals surface area contributed by atoms with Crippen molar-refractivity contribution < 1.29 is 14.2 Å². The van der Waals surface area contributed by atoms with E-state index in [2.05, 4.69) is 33.5 Å². The van der Waals surface area contributed by atoms with Gasteiger partial charge in [0.15, 0.2) is 23.0 Å². The molecule has 25 heavy (non-hydrogen) atoms. The maximum Gasteiger partial charge on any atom is 0.231 e. The largest absolute Gasteiger partial charge is 0.454 e. The molecule has 128 valence electrons. The Labute approximate surface area is 145 Å². The van der Waals surface area contributed by atoms with E-state index in [1.54, 1.807) is 6.20 Å². The molecule has 2 aliphatic rings. The minimum absolute atomic E-state index is 0.122. The van der Waals surface area contributed by atoms with Crippen LogP contribution in [0, 0.1) is 11.3 Å². The molecule has 0 atom stereocenters. The highest BCUT2D eigenvalue weighted by Gasteiger charge is 2.36. The van der Waals surface area contributed by atoms with Crippen molar-refractivity contribution in [2.24, 2.45) is 0 Å². The summed E-state index contributed by atoms with van der Waals surface area (Å²) in [6.45, 7) is 2.30. The first kappa shape index (κ1) is 15.7. The third kappa shape index (κ3) is 2.96. The highest BCUT2D eigenvalue weighted by molar-refractivity contribution is 5.50. The Morgan fingerprint density at radius 3 is 2.76 bits per heavy atom. The quantitative estimate of drug-likeness (QED) is 0.914. The molecule has 1 aromatic carbocycles. The lowest BCUT2D eigenvalue weighted by atomic mass is 9.74. The van der Waals surface area contributed by atoms with Crippen LogP contribution in [0.1, 0.15) is 24.1 Å². The summed E-state index contributed by atoms with van der Waals surface area (Å²) < 4.78 is 16.5. The maximum absolute atomic E-state index is 9.20. The van der Waals surface area contributed by atoms with Crippen molar-refractivity contribution in [3.05, 3.63) is 41.9 Å². The van der Waals surface area contributed by atoms with E-state index in [1.165, 1.54) is 11.8 Å². The third-order valence-corrected chi connectivity index (χ3v) is 4.83. The fourth-order valence-corrected chi connectivity index (χ4v) is 3.36. The van der Waals surface area contributed by atoms with E-state index in [0.29, 0.717) is 31.3 Å². The highest BCUT2D eigenvalue weighted by atomic mass is 16.7. The first-order valence-electron chi connectivity index (χ1n) is 8.24. The molecule has 0 radical (unpaired) electrons. The second kappa shape index (κ2) is 6.57. The normalized spacial score (nSPS) is 17.7. The van der Waals surface area contributed by atoms with Crippen LogP contribution in [0.3, 0.4) is 0 Å². The van der Waals surface area contributed by atoms with Crippen LogP contribution < -0.4 is 14.8 Å². The molecule has 7 nitrogen and oxygen atoms in total. The number of anilines is 1. The van der Waals surface area contributed by atoms with Gasteiger partial charge in [0.05, 0.1) is 0 Å². The standard InChI is InChI=1S/C18H18N4O3/c19-10-14-17(21-6-5-20-14)22-11-18(3-7-23-8-4-18)13-1-2-15-16(9-13)25-12-24-15/h1-2,5-6,9H,3-4,7-8,11-12H2,(H,21,22). The Balaban J connectivity index is 1.62. The summed E-state index contributed by atoms with van der Waals surface area (Å²) in [5, 5.41) is 12.5. The van der Waals surface area contributed by atoms with Gasteiger partial charge in [-0.05, 0) is 30.5 Å². The van der Waals surface area contributed by atoms with Crippen LogP contribution in [0.5, 0.6) is 11.5 Å². The summed E-state index contributed by atoms with van der Waals surface area (Å²) in [5.74, 6) is 2.07. The molecular formula is C18H18N4O3. The Bertz CT molecular complexity index is 812. The first-order chi connectivity index (χ1) is 12.3. The fourth-order valence-electron chi connectivity index (χ4n) is 3.36. The molecule has 0 spiro atoms. The molecular weight excluding hydrogens is 320 g/mol. The van der Waals surface area contributed by atoms with Gasteiger partial charge in [-0.1, -0.05) is 6.07 Å². The van der Waals surface area contributed by atoms with E-state index in [9.17, 15) is 5.26 Å². The lowest BCUT2D eigenvalue weighted by Crippen LogP contribution is -2.40. The Kier molecular flexibility index (Phi) is 4.12. The molecule has 1 N–H and O–H groups in total. The third-order valence-electron chi connectivity index (χ3n) is 4.83. The van der Waals surface area contributed by atoms with Crippen LogP contribution in [0.2, 0.25) is 0 Å². The molecule has 4 rings (SSSR count). The number of fused-ring (bicyclic) bond motifs is 1. The summed E-state index contributed by atoms with van der Waals surface area (Å²) in [4.78, 5) is 8.30. The Morgan fingerprint density at radius 1 is 1.12 bits per heavy atom. The van der Waals surface area contributed by atoms with E-state index in [-0.39, 0.29) is 12.2 Å². The highest BCUT2D eigenvalue weighted by Crippen LogP contribution is 2.41. The van der Waals surface area contributed by atoms with Gasteiger partial charge in [0.25, 0.3) is 0 Å². The van der Waals surface area contributed by atoms with E-state index < -0.39 is 0 Å². The fraction of sp³-hybridized carbons (Fsp3) is 0.389. The van der Waals surface area contributed by atoms with Gasteiger partial charge in [-0.25, -0.2) is 9.97 Å². The van der Waals surface area contributed by atoms with E-state index >= 15 is 0 Å². The van der Waals surface area contributed by atoms with Crippen molar-refractivity contribution in [1.29, 1.82) is 5.26 Å². The monoisotopic (exact) mass is 338 g/mol. The number of aromatic nitrogens is 2. The van der Waals surface area contributed by atoms with Crippen LogP contribution >= 0.6 is 0 Å². The molecule has 0 aliphatic carbocycles. The summed E-state index contributed by atoms with van der Waals surface area (Å²) in [6, 6.07) is 8.17. The molecule has 2 aromatic rings. The summed E-state index contributed by atoms with van der Waals surface area (Å²) in [6.07, 6.45) is 4.86. The molecule has 0 bridgehead atoms. The van der Waals surface area contributed by atoms with Crippen molar-refractivity contribution in [1.82, 2.24) is 9.97 Å². The van der Waals surface area contributed by atoms with Crippen LogP contribution in [0.15, 0.2) is 30.6 Å². The van der Waals surface area contributed by atoms with Crippen molar-refractivity contribution in [3.63, 3.8) is 0 Å². The second-order valence-corrected chi connectivity index (χ2v) is 6.18. The van der Waals surface area contributed by atoms with Gasteiger partial charge in [-0.15, -0.1) is 0 Å². The van der Waals surface area contributed by atoms with E-state index in [0.717, 1.165) is 24.3 Å². The van der Waals surface area contributed by atoms with Crippen LogP contribution in [-0.2, 0) is 10.2 Å². The first-order valence-corrected chi connectivity index (χ1v) is 8.24. The maximum atomic E-state index is 9.20. The van der Waals surface area contributed by atoms with Crippen LogP contribution in [0.25, 0.3) is 0 Å². The lowest BCUT2D eigenvalue weighted by Gasteiger charge is -2.38. The summed E-state index contributed by atoms with van der Waals surface area (Å²) in [5.41, 5.74) is 1.36. The SMILES string of the molecule is N#Cc1nccnc1NCC1(c2ccc3c(c2)OCO3)CCOCC1. The topological polar surface area (TPSA) is 89.3 Å². The van der Waals surface area contributed by atoms with Gasteiger partial charge >= 0.3 is 0 Å². The predicted octanol–water partition coefficient (Wildman–Crippen LogP) is 2.24. The zero-order chi connectivity index (χ0) is 17.1. The molecule has 1 saturated heterocycles. The number of hydrogen-bond donors (Lipinski definition) is 1. The molecule has 7 heteroatoms.